The van der Waals surface area contributed by atoms with Crippen molar-refractivity contribution >= 4 is 16.5 Å². The largest absolute Gasteiger partial charge is 1.00 e. The summed E-state index contributed by atoms with van der Waals surface area (Å²) in [4.78, 5) is 0. The maximum atomic E-state index is 3.60. The Labute approximate surface area is 119 Å². The summed E-state index contributed by atoms with van der Waals surface area (Å²) in [7, 11) is 0. The Morgan fingerprint density at radius 1 is 1.41 bits per heavy atom. The molecule has 0 aliphatic heterocycles. The highest BCUT2D eigenvalue weighted by atomic mass is 79.9. The number of nitrogens with zero attached hydrogens (tertiary/aromatic N) is 1. The maximum Gasteiger partial charge on any atom is 0.333 e. The van der Waals surface area contributed by atoms with E-state index in [2.05, 4.69) is 43.0 Å². The minimum Gasteiger partial charge on any atom is -1.00 e. The van der Waals surface area contributed by atoms with Crippen LogP contribution in [0.15, 0.2) is 5.38 Å². The summed E-state index contributed by atoms with van der Waals surface area (Å²) in [5.74, 6) is 0.936. The molecule has 1 fully saturated rings. The Kier molecular flexibility index (Phi) is 5.02. The van der Waals surface area contributed by atoms with E-state index in [1.165, 1.54) is 23.7 Å². The SMILES string of the molecule is CC[n+]1c(C(C)(C)C)csc1NCC1CC1.[Br-]. The van der Waals surface area contributed by atoms with Crippen molar-refractivity contribution in [1.82, 2.24) is 0 Å². The lowest BCUT2D eigenvalue weighted by Crippen LogP contribution is -3.00. The molecule has 98 valence electrons. The number of rotatable bonds is 4. The fourth-order valence-corrected chi connectivity index (χ4v) is 3.16. The zero-order chi connectivity index (χ0) is 11.8. The number of hydrogen-bond acceptors (Lipinski definition) is 2. The average molecular weight is 319 g/mol. The monoisotopic (exact) mass is 318 g/mol. The van der Waals surface area contributed by atoms with Crippen LogP contribution in [-0.2, 0) is 12.0 Å². The van der Waals surface area contributed by atoms with Gasteiger partial charge in [-0.2, -0.15) is 0 Å². The maximum absolute atomic E-state index is 3.60. The van der Waals surface area contributed by atoms with Crippen molar-refractivity contribution in [2.45, 2.75) is 52.5 Å². The fourth-order valence-electron chi connectivity index (χ4n) is 1.93. The van der Waals surface area contributed by atoms with Gasteiger partial charge in [0.05, 0.1) is 13.1 Å². The number of anilines is 1. The molecule has 4 heteroatoms. The van der Waals surface area contributed by atoms with Gasteiger partial charge in [-0.15, -0.1) is 0 Å². The smallest absolute Gasteiger partial charge is 0.333 e. The molecule has 0 bridgehead atoms. The minimum absolute atomic E-state index is 0. The van der Waals surface area contributed by atoms with Gasteiger partial charge in [0.15, 0.2) is 0 Å². The molecular weight excluding hydrogens is 296 g/mol. The van der Waals surface area contributed by atoms with Crippen LogP contribution in [0.4, 0.5) is 5.13 Å². The molecule has 0 saturated heterocycles. The molecule has 0 atom stereocenters. The Hall–Kier alpha value is -0.0900. The van der Waals surface area contributed by atoms with Crippen molar-refractivity contribution in [3.8, 4) is 0 Å². The van der Waals surface area contributed by atoms with Crippen LogP contribution < -0.4 is 26.9 Å². The van der Waals surface area contributed by atoms with Gasteiger partial charge in [0.2, 0.25) is 0 Å². The predicted octanol–water partition coefficient (Wildman–Crippen LogP) is 0.179. The summed E-state index contributed by atoms with van der Waals surface area (Å²) in [6.07, 6.45) is 2.83. The summed E-state index contributed by atoms with van der Waals surface area (Å²) in [5.41, 5.74) is 1.68. The molecule has 1 saturated carbocycles. The zero-order valence-corrected chi connectivity index (χ0v) is 13.6. The van der Waals surface area contributed by atoms with E-state index in [1.807, 2.05) is 11.3 Å². The molecule has 1 heterocycles. The Bertz CT molecular complexity index is 364. The third kappa shape index (κ3) is 3.68. The highest BCUT2D eigenvalue weighted by Gasteiger charge is 2.28. The van der Waals surface area contributed by atoms with Gasteiger partial charge in [0, 0.05) is 10.8 Å². The third-order valence-corrected chi connectivity index (χ3v) is 4.07. The Morgan fingerprint density at radius 3 is 2.53 bits per heavy atom. The lowest BCUT2D eigenvalue weighted by Gasteiger charge is -2.16. The molecule has 2 nitrogen and oxygen atoms in total. The molecule has 17 heavy (non-hydrogen) atoms. The van der Waals surface area contributed by atoms with Crippen molar-refractivity contribution in [2.75, 3.05) is 11.9 Å². The highest BCUT2D eigenvalue weighted by Crippen LogP contribution is 2.30. The molecular formula is C13H23BrN2S. The van der Waals surface area contributed by atoms with Gasteiger partial charge in [-0.25, -0.2) is 4.57 Å². The molecule has 1 aromatic rings. The first-order valence-electron chi connectivity index (χ1n) is 6.28. The number of thiazole rings is 1. The van der Waals surface area contributed by atoms with Crippen LogP contribution in [0.5, 0.6) is 0 Å². The van der Waals surface area contributed by atoms with Crippen molar-refractivity contribution in [1.29, 1.82) is 0 Å². The van der Waals surface area contributed by atoms with Gasteiger partial charge in [0.1, 0.15) is 5.69 Å². The van der Waals surface area contributed by atoms with Crippen LogP contribution in [-0.4, -0.2) is 6.54 Å². The number of nitrogens with one attached hydrogen (secondary N) is 1. The second-order valence-corrected chi connectivity index (χ2v) is 6.60. The van der Waals surface area contributed by atoms with Gasteiger partial charge < -0.3 is 17.0 Å². The van der Waals surface area contributed by atoms with Gasteiger partial charge in [0.25, 0.3) is 0 Å². The standard InChI is InChI=1S/C13H22N2S.BrH/c1-5-15-11(13(2,3)4)9-16-12(15)14-8-10-6-7-10;/h9-10H,5-8H2,1-4H3;1H. The van der Waals surface area contributed by atoms with E-state index in [1.54, 1.807) is 0 Å². The van der Waals surface area contributed by atoms with E-state index >= 15 is 0 Å². The Balaban J connectivity index is 0.00000144. The number of aromatic nitrogens is 1. The Morgan fingerprint density at radius 2 is 2.06 bits per heavy atom. The van der Waals surface area contributed by atoms with E-state index in [0.29, 0.717) is 0 Å². The second-order valence-electron chi connectivity index (χ2n) is 5.74. The molecule has 1 aromatic heterocycles. The van der Waals surface area contributed by atoms with Crippen LogP contribution in [0.2, 0.25) is 0 Å². The van der Waals surface area contributed by atoms with Crippen molar-refractivity contribution in [3.05, 3.63) is 11.1 Å². The molecule has 0 unspecified atom stereocenters. The van der Waals surface area contributed by atoms with Gasteiger partial charge >= 0.3 is 5.13 Å². The normalized spacial score (nSPS) is 15.5. The molecule has 0 aromatic carbocycles. The highest BCUT2D eigenvalue weighted by molar-refractivity contribution is 7.13. The van der Waals surface area contributed by atoms with Gasteiger partial charge in [-0.3, -0.25) is 5.32 Å². The quantitative estimate of drug-likeness (QED) is 0.783. The second kappa shape index (κ2) is 5.70. The molecule has 1 aliphatic carbocycles. The van der Waals surface area contributed by atoms with E-state index in [9.17, 15) is 0 Å². The lowest BCUT2D eigenvalue weighted by atomic mass is 9.93. The fraction of sp³-hybridized carbons (Fsp3) is 0.769. The lowest BCUT2D eigenvalue weighted by molar-refractivity contribution is -0.686. The van der Waals surface area contributed by atoms with Gasteiger partial charge in [-0.05, 0) is 25.7 Å². The first kappa shape index (κ1) is 15.0. The van der Waals surface area contributed by atoms with Crippen molar-refractivity contribution in [2.24, 2.45) is 5.92 Å². The summed E-state index contributed by atoms with van der Waals surface area (Å²) >= 11 is 1.85. The summed E-state index contributed by atoms with van der Waals surface area (Å²) in [6, 6.07) is 0. The van der Waals surface area contributed by atoms with E-state index < -0.39 is 0 Å². The third-order valence-electron chi connectivity index (χ3n) is 3.14. The van der Waals surface area contributed by atoms with Crippen molar-refractivity contribution < 1.29 is 21.5 Å². The summed E-state index contributed by atoms with van der Waals surface area (Å²) < 4.78 is 2.42. The number of hydrogen-bond donors (Lipinski definition) is 1. The molecule has 1 aliphatic rings. The topological polar surface area (TPSA) is 15.9 Å². The zero-order valence-electron chi connectivity index (χ0n) is 11.2. The van der Waals surface area contributed by atoms with E-state index in [0.717, 1.165) is 19.0 Å². The van der Waals surface area contributed by atoms with Crippen LogP contribution >= 0.6 is 11.3 Å². The minimum atomic E-state index is 0. The van der Waals surface area contributed by atoms with Crippen LogP contribution in [0.1, 0.15) is 46.2 Å². The summed E-state index contributed by atoms with van der Waals surface area (Å²) in [5, 5.41) is 7.24. The van der Waals surface area contributed by atoms with Crippen LogP contribution in [0.3, 0.4) is 0 Å². The molecule has 0 spiro atoms. The average Bonchev–Trinajstić information content (AvgIpc) is 2.92. The van der Waals surface area contributed by atoms with Crippen molar-refractivity contribution in [3.63, 3.8) is 0 Å². The first-order chi connectivity index (χ1) is 7.52. The molecule has 0 amide bonds. The first-order valence-corrected chi connectivity index (χ1v) is 7.16. The molecule has 1 N–H and O–H groups in total. The predicted molar refractivity (Wildman–Crippen MR) is 70.1 cm³/mol. The molecule has 0 radical (unpaired) electrons. The number of halogens is 1. The van der Waals surface area contributed by atoms with Gasteiger partial charge in [-0.1, -0.05) is 32.1 Å². The van der Waals surface area contributed by atoms with Crippen LogP contribution in [0.25, 0.3) is 0 Å². The molecule has 2 rings (SSSR count). The van der Waals surface area contributed by atoms with E-state index in [-0.39, 0.29) is 22.4 Å². The van der Waals surface area contributed by atoms with E-state index in [4.69, 9.17) is 0 Å². The summed E-state index contributed by atoms with van der Waals surface area (Å²) in [6.45, 7) is 11.3. The van der Waals surface area contributed by atoms with Crippen LogP contribution in [0, 0.1) is 5.92 Å².